The Balaban J connectivity index is 1.58. The van der Waals surface area contributed by atoms with Crippen molar-refractivity contribution in [3.05, 3.63) is 80.0 Å². The molecule has 0 fully saturated rings. The van der Waals surface area contributed by atoms with Crippen LogP contribution in [0.1, 0.15) is 20.1 Å². The van der Waals surface area contributed by atoms with Crippen molar-refractivity contribution in [2.75, 3.05) is 6.54 Å². The summed E-state index contributed by atoms with van der Waals surface area (Å²) in [6.45, 7) is 0.136. The van der Waals surface area contributed by atoms with Crippen LogP contribution in [0.4, 0.5) is 0 Å². The Labute approximate surface area is 157 Å². The average molecular weight is 386 g/mol. The molecular formula is C19H15NO2S3. The van der Waals surface area contributed by atoms with E-state index < -0.39 is 5.60 Å². The molecule has 0 bridgehead atoms. The van der Waals surface area contributed by atoms with Gasteiger partial charge >= 0.3 is 0 Å². The largest absolute Gasteiger partial charge is 0.378 e. The molecule has 2 N–H and O–H groups in total. The minimum atomic E-state index is -1.21. The van der Waals surface area contributed by atoms with Gasteiger partial charge < -0.3 is 10.4 Å². The van der Waals surface area contributed by atoms with Crippen molar-refractivity contribution in [3.63, 3.8) is 0 Å². The molecule has 1 atom stereocenters. The summed E-state index contributed by atoms with van der Waals surface area (Å²) >= 11 is 4.48. The van der Waals surface area contributed by atoms with Crippen molar-refractivity contribution in [2.24, 2.45) is 0 Å². The fourth-order valence-corrected chi connectivity index (χ4v) is 5.28. The lowest BCUT2D eigenvalue weighted by atomic mass is 9.94. The van der Waals surface area contributed by atoms with Crippen LogP contribution in [-0.4, -0.2) is 17.6 Å². The molecular weight excluding hydrogens is 370 g/mol. The molecule has 0 aliphatic heterocycles. The number of carbonyl (C=O) groups is 1. The minimum Gasteiger partial charge on any atom is -0.378 e. The summed E-state index contributed by atoms with van der Waals surface area (Å²) in [5.74, 6) is -0.161. The Morgan fingerprint density at radius 1 is 1.12 bits per heavy atom. The van der Waals surface area contributed by atoms with Gasteiger partial charge in [0.2, 0.25) is 0 Å². The summed E-state index contributed by atoms with van der Waals surface area (Å²) in [5.41, 5.74) is -0.405. The SMILES string of the molecule is O=C(NC[C@@](O)(c1ccsc1)c1cccs1)c1cc2ccccc2s1. The second-order valence-corrected chi connectivity index (χ2v) is 8.49. The van der Waals surface area contributed by atoms with E-state index in [1.807, 2.05) is 64.7 Å². The highest BCUT2D eigenvalue weighted by molar-refractivity contribution is 7.20. The van der Waals surface area contributed by atoms with Crippen molar-refractivity contribution in [1.82, 2.24) is 5.32 Å². The van der Waals surface area contributed by atoms with E-state index in [1.165, 1.54) is 34.0 Å². The lowest BCUT2D eigenvalue weighted by Gasteiger charge is -2.26. The Hall–Kier alpha value is -1.99. The number of nitrogens with one attached hydrogen (secondary N) is 1. The zero-order valence-corrected chi connectivity index (χ0v) is 15.6. The second kappa shape index (κ2) is 6.72. The number of rotatable bonds is 5. The van der Waals surface area contributed by atoms with Gasteiger partial charge in [-0.1, -0.05) is 24.3 Å². The van der Waals surface area contributed by atoms with Crippen molar-refractivity contribution >= 4 is 50.0 Å². The van der Waals surface area contributed by atoms with Gasteiger partial charge in [-0.05, 0) is 45.8 Å². The minimum absolute atomic E-state index is 0.136. The van der Waals surface area contributed by atoms with Gasteiger partial charge in [-0.3, -0.25) is 4.79 Å². The van der Waals surface area contributed by atoms with Crippen LogP contribution in [0.25, 0.3) is 10.1 Å². The van der Waals surface area contributed by atoms with Gasteiger partial charge in [0.25, 0.3) is 5.91 Å². The van der Waals surface area contributed by atoms with Crippen LogP contribution in [0.3, 0.4) is 0 Å². The molecule has 3 aromatic heterocycles. The molecule has 4 rings (SSSR count). The molecule has 0 saturated heterocycles. The van der Waals surface area contributed by atoms with Gasteiger partial charge in [-0.15, -0.1) is 22.7 Å². The fourth-order valence-electron chi connectivity index (χ4n) is 2.73. The van der Waals surface area contributed by atoms with Crippen LogP contribution in [-0.2, 0) is 5.60 Å². The van der Waals surface area contributed by atoms with E-state index in [0.717, 1.165) is 20.5 Å². The molecule has 1 amide bonds. The van der Waals surface area contributed by atoms with E-state index in [2.05, 4.69) is 5.32 Å². The molecule has 0 unspecified atom stereocenters. The molecule has 25 heavy (non-hydrogen) atoms. The van der Waals surface area contributed by atoms with Crippen LogP contribution in [0.2, 0.25) is 0 Å². The maximum atomic E-state index is 12.6. The summed E-state index contributed by atoms with van der Waals surface area (Å²) in [6, 6.07) is 15.5. The third-order valence-corrected chi connectivity index (χ3v) is 6.90. The molecule has 1 aromatic carbocycles. The third kappa shape index (κ3) is 3.14. The van der Waals surface area contributed by atoms with Gasteiger partial charge in [0.1, 0.15) is 5.60 Å². The van der Waals surface area contributed by atoms with E-state index >= 15 is 0 Å². The van der Waals surface area contributed by atoms with Crippen LogP contribution < -0.4 is 5.32 Å². The molecule has 126 valence electrons. The molecule has 0 radical (unpaired) electrons. The van der Waals surface area contributed by atoms with E-state index in [9.17, 15) is 9.90 Å². The standard InChI is InChI=1S/C19H15NO2S3/c21-18(16-10-13-4-1-2-5-15(13)25-16)20-12-19(22,14-7-9-23-11-14)17-6-3-8-24-17/h1-11,22H,12H2,(H,20,21)/t19-/m1/s1. The molecule has 0 aliphatic carbocycles. The summed E-state index contributed by atoms with van der Waals surface area (Å²) < 4.78 is 1.08. The summed E-state index contributed by atoms with van der Waals surface area (Å²) in [5, 5.41) is 21.0. The average Bonchev–Trinajstić information content (AvgIpc) is 3.40. The highest BCUT2D eigenvalue weighted by Gasteiger charge is 2.33. The first-order valence-corrected chi connectivity index (χ1v) is 10.4. The lowest BCUT2D eigenvalue weighted by Crippen LogP contribution is -2.40. The maximum Gasteiger partial charge on any atom is 0.261 e. The van der Waals surface area contributed by atoms with Gasteiger partial charge in [0.05, 0.1) is 11.4 Å². The zero-order valence-electron chi connectivity index (χ0n) is 13.1. The third-order valence-electron chi connectivity index (χ3n) is 4.08. The number of carbonyl (C=O) groups excluding carboxylic acids is 1. The van der Waals surface area contributed by atoms with Crippen molar-refractivity contribution in [2.45, 2.75) is 5.60 Å². The first kappa shape index (κ1) is 16.5. The number of aliphatic hydroxyl groups is 1. The van der Waals surface area contributed by atoms with Crippen molar-refractivity contribution < 1.29 is 9.90 Å². The van der Waals surface area contributed by atoms with Gasteiger partial charge in [0.15, 0.2) is 0 Å². The smallest absolute Gasteiger partial charge is 0.261 e. The van der Waals surface area contributed by atoms with Gasteiger partial charge in [-0.25, -0.2) is 0 Å². The Kier molecular flexibility index (Phi) is 4.43. The van der Waals surface area contributed by atoms with Crippen LogP contribution in [0.5, 0.6) is 0 Å². The number of benzene rings is 1. The van der Waals surface area contributed by atoms with E-state index in [4.69, 9.17) is 0 Å². The second-order valence-electron chi connectivity index (χ2n) is 5.68. The van der Waals surface area contributed by atoms with E-state index in [1.54, 1.807) is 0 Å². The molecule has 3 nitrogen and oxygen atoms in total. The van der Waals surface area contributed by atoms with Crippen molar-refractivity contribution in [1.29, 1.82) is 0 Å². The molecule has 0 aliphatic rings. The summed E-state index contributed by atoms with van der Waals surface area (Å²) in [4.78, 5) is 14.1. The van der Waals surface area contributed by atoms with Crippen LogP contribution in [0, 0.1) is 0 Å². The fraction of sp³-hybridized carbons (Fsp3) is 0.105. The number of hydrogen-bond donors (Lipinski definition) is 2. The Bertz CT molecular complexity index is 920. The van der Waals surface area contributed by atoms with Crippen molar-refractivity contribution in [3.8, 4) is 0 Å². The van der Waals surface area contributed by atoms with E-state index in [-0.39, 0.29) is 12.5 Å². The first-order chi connectivity index (χ1) is 12.2. The van der Waals surface area contributed by atoms with Crippen LogP contribution >= 0.6 is 34.0 Å². The topological polar surface area (TPSA) is 49.3 Å². The van der Waals surface area contributed by atoms with Gasteiger partial charge in [-0.2, -0.15) is 11.3 Å². The zero-order chi connectivity index (χ0) is 17.3. The lowest BCUT2D eigenvalue weighted by molar-refractivity contribution is 0.0723. The highest BCUT2D eigenvalue weighted by Crippen LogP contribution is 2.34. The predicted octanol–water partition coefficient (Wildman–Crippen LogP) is 4.69. The number of amides is 1. The number of thiophene rings is 3. The highest BCUT2D eigenvalue weighted by atomic mass is 32.1. The quantitative estimate of drug-likeness (QED) is 0.524. The summed E-state index contributed by atoms with van der Waals surface area (Å²) in [7, 11) is 0. The number of fused-ring (bicyclic) bond motifs is 1. The Morgan fingerprint density at radius 3 is 2.72 bits per heavy atom. The van der Waals surface area contributed by atoms with E-state index in [0.29, 0.717) is 4.88 Å². The molecule has 6 heteroatoms. The number of hydrogen-bond acceptors (Lipinski definition) is 5. The normalized spacial score (nSPS) is 13.6. The first-order valence-electron chi connectivity index (χ1n) is 7.73. The predicted molar refractivity (Wildman–Crippen MR) is 106 cm³/mol. The molecule has 0 saturated carbocycles. The monoisotopic (exact) mass is 385 g/mol. The van der Waals surface area contributed by atoms with Crippen LogP contribution in [0.15, 0.2) is 64.7 Å². The molecule has 3 heterocycles. The van der Waals surface area contributed by atoms with Gasteiger partial charge in [0, 0.05) is 15.1 Å². The maximum absolute atomic E-state index is 12.6. The molecule has 0 spiro atoms. The summed E-state index contributed by atoms with van der Waals surface area (Å²) in [6.07, 6.45) is 0. The Morgan fingerprint density at radius 2 is 2.00 bits per heavy atom. The molecule has 4 aromatic rings.